The molecule has 0 saturated carbocycles. The van der Waals surface area contributed by atoms with E-state index in [2.05, 4.69) is 68.8 Å². The lowest BCUT2D eigenvalue weighted by atomic mass is 9.92. The number of likely N-dealkylation sites (tertiary alicyclic amines) is 2. The summed E-state index contributed by atoms with van der Waals surface area (Å²) in [6, 6.07) is 4.55. The second kappa shape index (κ2) is 12.1. The van der Waals surface area contributed by atoms with Crippen LogP contribution in [0.1, 0.15) is 68.7 Å². The van der Waals surface area contributed by atoms with Crippen molar-refractivity contribution >= 4 is 11.8 Å². The lowest BCUT2D eigenvalue weighted by molar-refractivity contribution is -0.126. The Kier molecular flexibility index (Phi) is 9.10. The van der Waals surface area contributed by atoms with E-state index in [1.54, 1.807) is 0 Å². The summed E-state index contributed by atoms with van der Waals surface area (Å²) in [7, 11) is 0. The molecule has 2 unspecified atom stereocenters. The van der Waals surface area contributed by atoms with Crippen molar-refractivity contribution in [1.29, 1.82) is 0 Å². The average molecular weight is 497 g/mol. The third-order valence-corrected chi connectivity index (χ3v) is 8.31. The fraction of sp³-hybridized carbons (Fsp3) is 0.733. The van der Waals surface area contributed by atoms with Crippen molar-refractivity contribution in [3.8, 4) is 0 Å². The molecular formula is C30H48N4O2. The van der Waals surface area contributed by atoms with Crippen LogP contribution < -0.4 is 5.32 Å². The van der Waals surface area contributed by atoms with Gasteiger partial charge in [-0.05, 0) is 96.0 Å². The summed E-state index contributed by atoms with van der Waals surface area (Å²) < 4.78 is 6.23. The van der Waals surface area contributed by atoms with Gasteiger partial charge in [-0.25, -0.2) is 4.99 Å². The largest absolute Gasteiger partial charge is 0.472 e. The summed E-state index contributed by atoms with van der Waals surface area (Å²) >= 11 is 0. The molecule has 4 atom stereocenters. The Labute approximate surface area is 218 Å². The Bertz CT molecular complexity index is 904. The summed E-state index contributed by atoms with van der Waals surface area (Å²) in [5.41, 5.74) is 4.88. The zero-order valence-corrected chi connectivity index (χ0v) is 23.5. The number of carbonyl (C=O) groups excluding carboxylic acids is 1. The summed E-state index contributed by atoms with van der Waals surface area (Å²) in [6.45, 7) is 20.4. The molecule has 3 aliphatic rings. The fourth-order valence-corrected chi connectivity index (χ4v) is 6.65. The Balaban J connectivity index is 1.19. The molecule has 3 heterocycles. The number of ether oxygens (including phenoxy) is 1. The average Bonchev–Trinajstić information content (AvgIpc) is 3.15. The standard InChI is InChI=1S/C30H48N4O2/c1-20-15-23(4)28(24(5)16-20)30-32-27(25(6)36-30)19-33-12-8-26(9-13-33)29(35)31-10-7-11-34-17-21(2)14-22(3)18-34/h15-16,21-22,25-27H,7-14,17-19H2,1-6H3,(H,31,35)/t21-,22+,25?,27?. The second-order valence-corrected chi connectivity index (χ2v) is 12.0. The first kappa shape index (κ1) is 27.1. The molecule has 200 valence electrons. The lowest BCUT2D eigenvalue weighted by Gasteiger charge is -2.35. The van der Waals surface area contributed by atoms with Gasteiger partial charge >= 0.3 is 0 Å². The zero-order valence-electron chi connectivity index (χ0n) is 23.5. The van der Waals surface area contributed by atoms with Crippen molar-refractivity contribution in [2.75, 3.05) is 45.8 Å². The van der Waals surface area contributed by atoms with Gasteiger partial charge in [0.05, 0.1) is 0 Å². The lowest BCUT2D eigenvalue weighted by Crippen LogP contribution is -2.44. The van der Waals surface area contributed by atoms with E-state index in [1.807, 2.05) is 0 Å². The number of piperidine rings is 2. The van der Waals surface area contributed by atoms with Gasteiger partial charge in [-0.15, -0.1) is 0 Å². The topological polar surface area (TPSA) is 57.2 Å². The van der Waals surface area contributed by atoms with E-state index in [0.29, 0.717) is 0 Å². The van der Waals surface area contributed by atoms with E-state index in [0.717, 1.165) is 75.3 Å². The zero-order chi connectivity index (χ0) is 25.8. The Morgan fingerprint density at radius 2 is 1.67 bits per heavy atom. The van der Waals surface area contributed by atoms with Crippen LogP contribution in [-0.4, -0.2) is 79.6 Å². The minimum absolute atomic E-state index is 0.0759. The first-order valence-corrected chi connectivity index (χ1v) is 14.2. The minimum Gasteiger partial charge on any atom is -0.472 e. The molecule has 2 fully saturated rings. The third kappa shape index (κ3) is 6.89. The highest BCUT2D eigenvalue weighted by molar-refractivity contribution is 5.98. The molecule has 4 rings (SSSR count). The van der Waals surface area contributed by atoms with Crippen molar-refractivity contribution < 1.29 is 9.53 Å². The number of carbonyl (C=O) groups is 1. The number of nitrogens with zero attached hydrogens (tertiary/aromatic N) is 3. The van der Waals surface area contributed by atoms with Crippen LogP contribution in [0.5, 0.6) is 0 Å². The van der Waals surface area contributed by atoms with Crippen LogP contribution in [0.4, 0.5) is 0 Å². The van der Waals surface area contributed by atoms with Crippen molar-refractivity contribution in [2.24, 2.45) is 22.7 Å². The molecule has 1 N–H and O–H groups in total. The van der Waals surface area contributed by atoms with E-state index in [1.165, 1.54) is 36.2 Å². The van der Waals surface area contributed by atoms with Crippen molar-refractivity contribution in [3.63, 3.8) is 0 Å². The third-order valence-electron chi connectivity index (χ3n) is 8.31. The highest BCUT2D eigenvalue weighted by Crippen LogP contribution is 2.26. The molecule has 1 aromatic rings. The van der Waals surface area contributed by atoms with Crippen LogP contribution in [0.25, 0.3) is 0 Å². The quantitative estimate of drug-likeness (QED) is 0.544. The Morgan fingerprint density at radius 1 is 1.03 bits per heavy atom. The predicted molar refractivity (Wildman–Crippen MR) is 148 cm³/mol. The predicted octanol–water partition coefficient (Wildman–Crippen LogP) is 4.34. The molecule has 0 spiro atoms. The monoisotopic (exact) mass is 496 g/mol. The molecule has 36 heavy (non-hydrogen) atoms. The smallest absolute Gasteiger partial charge is 0.223 e. The van der Waals surface area contributed by atoms with Gasteiger partial charge in [-0.2, -0.15) is 0 Å². The number of hydrogen-bond donors (Lipinski definition) is 1. The molecule has 2 saturated heterocycles. The van der Waals surface area contributed by atoms with E-state index in [-0.39, 0.29) is 24.0 Å². The van der Waals surface area contributed by atoms with Crippen molar-refractivity contribution in [1.82, 2.24) is 15.1 Å². The molecule has 6 heteroatoms. The van der Waals surface area contributed by atoms with Crippen molar-refractivity contribution in [2.45, 2.75) is 79.4 Å². The molecule has 1 aromatic carbocycles. The van der Waals surface area contributed by atoms with E-state index < -0.39 is 0 Å². The van der Waals surface area contributed by atoms with E-state index >= 15 is 0 Å². The van der Waals surface area contributed by atoms with Gasteiger partial charge in [0.25, 0.3) is 0 Å². The number of nitrogens with one attached hydrogen (secondary N) is 1. The van der Waals surface area contributed by atoms with Gasteiger partial charge in [0.1, 0.15) is 12.1 Å². The first-order valence-electron chi connectivity index (χ1n) is 14.2. The van der Waals surface area contributed by atoms with Crippen LogP contribution in [0.2, 0.25) is 0 Å². The molecule has 0 aliphatic carbocycles. The van der Waals surface area contributed by atoms with Gasteiger partial charge < -0.3 is 19.9 Å². The molecule has 0 aromatic heterocycles. The highest BCUT2D eigenvalue weighted by Gasteiger charge is 2.33. The van der Waals surface area contributed by atoms with Crippen LogP contribution in [0.15, 0.2) is 17.1 Å². The number of hydrogen-bond acceptors (Lipinski definition) is 5. The summed E-state index contributed by atoms with van der Waals surface area (Å²) in [4.78, 5) is 22.8. The minimum atomic E-state index is 0.0759. The summed E-state index contributed by atoms with van der Waals surface area (Å²) in [5, 5.41) is 3.22. The Hall–Kier alpha value is -1.92. The highest BCUT2D eigenvalue weighted by atomic mass is 16.5. The maximum absolute atomic E-state index is 12.8. The molecule has 6 nitrogen and oxygen atoms in total. The molecular weight excluding hydrogens is 448 g/mol. The number of aliphatic imine (C=N–C) groups is 1. The summed E-state index contributed by atoms with van der Waals surface area (Å²) in [6.07, 6.45) is 4.33. The SMILES string of the molecule is Cc1cc(C)c(C2=NC(CN3CCC(C(=O)NCCCN4C[C@H](C)C[C@H](C)C4)CC3)C(C)O2)c(C)c1. The maximum Gasteiger partial charge on any atom is 0.223 e. The summed E-state index contributed by atoms with van der Waals surface area (Å²) in [5.74, 6) is 2.77. The second-order valence-electron chi connectivity index (χ2n) is 12.0. The van der Waals surface area contributed by atoms with Gasteiger partial charge in [-0.1, -0.05) is 31.5 Å². The maximum atomic E-state index is 12.8. The van der Waals surface area contributed by atoms with Crippen LogP contribution >= 0.6 is 0 Å². The van der Waals surface area contributed by atoms with Crippen molar-refractivity contribution in [3.05, 3.63) is 34.4 Å². The Morgan fingerprint density at radius 3 is 2.31 bits per heavy atom. The number of benzene rings is 1. The van der Waals surface area contributed by atoms with Gasteiger partial charge in [0.15, 0.2) is 0 Å². The number of rotatable bonds is 8. The first-order chi connectivity index (χ1) is 17.2. The van der Waals surface area contributed by atoms with Gasteiger partial charge in [0.2, 0.25) is 11.8 Å². The van der Waals surface area contributed by atoms with Crippen LogP contribution in [0, 0.1) is 38.5 Å². The molecule has 1 amide bonds. The molecule has 0 radical (unpaired) electrons. The number of amides is 1. The van der Waals surface area contributed by atoms with E-state index in [9.17, 15) is 4.79 Å². The normalized spacial score (nSPS) is 28.1. The van der Waals surface area contributed by atoms with Crippen LogP contribution in [-0.2, 0) is 9.53 Å². The van der Waals surface area contributed by atoms with Gasteiger partial charge in [-0.3, -0.25) is 4.79 Å². The van der Waals surface area contributed by atoms with Gasteiger partial charge in [0, 0.05) is 37.7 Å². The van der Waals surface area contributed by atoms with Crippen LogP contribution in [0.3, 0.4) is 0 Å². The molecule has 0 bridgehead atoms. The molecule has 3 aliphatic heterocycles. The fourth-order valence-electron chi connectivity index (χ4n) is 6.65. The van der Waals surface area contributed by atoms with E-state index in [4.69, 9.17) is 9.73 Å². The number of aryl methyl sites for hydroxylation is 3.